The van der Waals surface area contributed by atoms with E-state index in [2.05, 4.69) is 5.48 Å². The van der Waals surface area contributed by atoms with Crippen LogP contribution in [0.1, 0.15) is 12.0 Å². The van der Waals surface area contributed by atoms with Gasteiger partial charge in [-0.3, -0.25) is 0 Å². The van der Waals surface area contributed by atoms with Gasteiger partial charge in [0.05, 0.1) is 12.5 Å². The zero-order valence-corrected chi connectivity index (χ0v) is 9.87. The number of hydroxylamine groups is 1. The van der Waals surface area contributed by atoms with Crippen LogP contribution in [0.5, 0.6) is 5.75 Å². The highest BCUT2D eigenvalue weighted by Gasteiger charge is 2.16. The lowest BCUT2D eigenvalue weighted by molar-refractivity contribution is -0.154. The van der Waals surface area contributed by atoms with E-state index in [1.807, 2.05) is 24.3 Å². The molecule has 1 aliphatic carbocycles. The number of phenols is 1. The Morgan fingerprint density at radius 3 is 2.78 bits per heavy atom. The van der Waals surface area contributed by atoms with Crippen molar-refractivity contribution in [3.63, 3.8) is 0 Å². The number of hydrogen-bond donors (Lipinski definition) is 2. The van der Waals surface area contributed by atoms with E-state index < -0.39 is 0 Å². The minimum atomic E-state index is -0.283. The van der Waals surface area contributed by atoms with Crippen LogP contribution in [-0.4, -0.2) is 11.1 Å². The molecule has 2 rings (SSSR count). The van der Waals surface area contributed by atoms with Gasteiger partial charge in [-0.2, -0.15) is 0 Å². The standard InChI is InChI=1S/C14H15NO3/c16-13-8-6-11(7-9-13)10-15-18-14(17)12-4-2-1-3-5-12/h1-4,6-9,12,15-16H,5,10H2. The van der Waals surface area contributed by atoms with Gasteiger partial charge in [0, 0.05) is 0 Å². The molecule has 0 aliphatic heterocycles. The van der Waals surface area contributed by atoms with E-state index in [-0.39, 0.29) is 17.6 Å². The number of benzene rings is 1. The summed E-state index contributed by atoms with van der Waals surface area (Å²) < 4.78 is 0. The molecule has 4 nitrogen and oxygen atoms in total. The molecule has 1 atom stereocenters. The molecule has 0 saturated carbocycles. The third-order valence-corrected chi connectivity index (χ3v) is 2.67. The molecular formula is C14H15NO3. The van der Waals surface area contributed by atoms with Crippen LogP contribution in [0.25, 0.3) is 0 Å². The Hall–Kier alpha value is -2.07. The van der Waals surface area contributed by atoms with Crippen molar-refractivity contribution in [1.29, 1.82) is 0 Å². The predicted molar refractivity (Wildman–Crippen MR) is 67.4 cm³/mol. The van der Waals surface area contributed by atoms with E-state index >= 15 is 0 Å². The number of rotatable bonds is 4. The summed E-state index contributed by atoms with van der Waals surface area (Å²) in [5.74, 6) is -0.272. The van der Waals surface area contributed by atoms with Gasteiger partial charge in [-0.05, 0) is 24.1 Å². The van der Waals surface area contributed by atoms with Crippen molar-refractivity contribution in [1.82, 2.24) is 5.48 Å². The second kappa shape index (κ2) is 6.02. The summed E-state index contributed by atoms with van der Waals surface area (Å²) in [6, 6.07) is 6.71. The highest BCUT2D eigenvalue weighted by atomic mass is 16.7. The molecule has 0 fully saturated rings. The van der Waals surface area contributed by atoms with Crippen LogP contribution in [-0.2, 0) is 16.2 Å². The van der Waals surface area contributed by atoms with Gasteiger partial charge in [-0.25, -0.2) is 4.79 Å². The largest absolute Gasteiger partial charge is 0.508 e. The summed E-state index contributed by atoms with van der Waals surface area (Å²) in [5, 5.41) is 9.12. The third-order valence-electron chi connectivity index (χ3n) is 2.67. The molecule has 0 amide bonds. The van der Waals surface area contributed by atoms with Gasteiger partial charge in [0.15, 0.2) is 0 Å². The Morgan fingerprint density at radius 1 is 1.33 bits per heavy atom. The zero-order chi connectivity index (χ0) is 12.8. The van der Waals surface area contributed by atoms with Crippen molar-refractivity contribution < 1.29 is 14.7 Å². The molecule has 0 radical (unpaired) electrons. The van der Waals surface area contributed by atoms with Crippen molar-refractivity contribution in [3.8, 4) is 5.75 Å². The molecule has 1 unspecified atom stereocenters. The molecule has 18 heavy (non-hydrogen) atoms. The molecule has 0 heterocycles. The zero-order valence-electron chi connectivity index (χ0n) is 9.87. The summed E-state index contributed by atoms with van der Waals surface area (Å²) in [7, 11) is 0. The van der Waals surface area contributed by atoms with Crippen LogP contribution in [0.4, 0.5) is 0 Å². The smallest absolute Gasteiger partial charge is 0.331 e. The molecule has 0 aromatic heterocycles. The fourth-order valence-electron chi connectivity index (χ4n) is 1.64. The predicted octanol–water partition coefficient (Wildman–Crippen LogP) is 2.07. The lowest BCUT2D eigenvalue weighted by Crippen LogP contribution is -2.24. The number of carbonyl (C=O) groups is 1. The van der Waals surface area contributed by atoms with Crippen molar-refractivity contribution >= 4 is 5.97 Å². The second-order valence-electron chi connectivity index (χ2n) is 4.06. The lowest BCUT2D eigenvalue weighted by Gasteiger charge is -2.12. The summed E-state index contributed by atoms with van der Waals surface area (Å²) in [6.07, 6.45) is 8.19. The van der Waals surface area contributed by atoms with Crippen molar-refractivity contribution in [2.75, 3.05) is 0 Å². The SMILES string of the molecule is O=C(ONCc1ccc(O)cc1)C1C=CC=CC1. The first-order chi connectivity index (χ1) is 8.75. The summed E-state index contributed by atoms with van der Waals surface area (Å²) >= 11 is 0. The Morgan fingerprint density at radius 2 is 2.11 bits per heavy atom. The third kappa shape index (κ3) is 3.46. The molecule has 94 valence electrons. The van der Waals surface area contributed by atoms with Crippen LogP contribution in [0.2, 0.25) is 0 Å². The number of carbonyl (C=O) groups excluding carboxylic acids is 1. The topological polar surface area (TPSA) is 58.6 Å². The average Bonchev–Trinajstić information content (AvgIpc) is 2.42. The van der Waals surface area contributed by atoms with Gasteiger partial charge in [0.1, 0.15) is 5.75 Å². The number of allylic oxidation sites excluding steroid dienone is 3. The molecular weight excluding hydrogens is 230 g/mol. The van der Waals surface area contributed by atoms with Crippen molar-refractivity contribution in [3.05, 3.63) is 54.1 Å². The molecule has 1 aromatic rings. The highest BCUT2D eigenvalue weighted by molar-refractivity contribution is 5.74. The molecule has 0 bridgehead atoms. The van der Waals surface area contributed by atoms with E-state index in [1.54, 1.807) is 24.3 Å². The van der Waals surface area contributed by atoms with Crippen LogP contribution >= 0.6 is 0 Å². The maximum atomic E-state index is 11.6. The summed E-state index contributed by atoms with van der Waals surface area (Å²) in [5.41, 5.74) is 3.56. The van der Waals surface area contributed by atoms with Crippen LogP contribution < -0.4 is 5.48 Å². The molecule has 2 N–H and O–H groups in total. The first-order valence-electron chi connectivity index (χ1n) is 5.80. The number of nitrogens with one attached hydrogen (secondary N) is 1. The normalized spacial score (nSPS) is 17.7. The Bertz CT molecular complexity index is 462. The minimum absolute atomic E-state index is 0.206. The van der Waals surface area contributed by atoms with Crippen LogP contribution in [0, 0.1) is 5.92 Å². The summed E-state index contributed by atoms with van der Waals surface area (Å²) in [6.45, 7) is 0.415. The second-order valence-corrected chi connectivity index (χ2v) is 4.06. The van der Waals surface area contributed by atoms with E-state index in [0.717, 1.165) is 5.56 Å². The lowest BCUT2D eigenvalue weighted by atomic mass is 10.0. The van der Waals surface area contributed by atoms with Gasteiger partial charge in [-0.15, -0.1) is 5.48 Å². The maximum Gasteiger partial charge on any atom is 0.331 e. The minimum Gasteiger partial charge on any atom is -0.508 e. The Balaban J connectivity index is 1.75. The van der Waals surface area contributed by atoms with Gasteiger partial charge >= 0.3 is 5.97 Å². The van der Waals surface area contributed by atoms with E-state index in [4.69, 9.17) is 9.94 Å². The maximum absolute atomic E-state index is 11.6. The van der Waals surface area contributed by atoms with Crippen LogP contribution in [0.3, 0.4) is 0 Å². The van der Waals surface area contributed by atoms with Gasteiger partial charge < -0.3 is 9.94 Å². The highest BCUT2D eigenvalue weighted by Crippen LogP contribution is 2.13. The molecule has 4 heteroatoms. The van der Waals surface area contributed by atoms with Gasteiger partial charge in [-0.1, -0.05) is 36.4 Å². The Labute approximate surface area is 106 Å². The van der Waals surface area contributed by atoms with Gasteiger partial charge in [0.25, 0.3) is 0 Å². The first kappa shape index (κ1) is 12.4. The summed E-state index contributed by atoms with van der Waals surface area (Å²) in [4.78, 5) is 16.6. The van der Waals surface area contributed by atoms with Crippen molar-refractivity contribution in [2.45, 2.75) is 13.0 Å². The molecule has 1 aromatic carbocycles. The number of phenolic OH excluding ortho intramolecular Hbond substituents is 1. The van der Waals surface area contributed by atoms with Crippen LogP contribution in [0.15, 0.2) is 48.6 Å². The number of hydrogen-bond acceptors (Lipinski definition) is 4. The van der Waals surface area contributed by atoms with Crippen molar-refractivity contribution in [2.24, 2.45) is 5.92 Å². The van der Waals surface area contributed by atoms with Gasteiger partial charge in [0.2, 0.25) is 0 Å². The molecule has 1 aliphatic rings. The van der Waals surface area contributed by atoms with E-state index in [9.17, 15) is 4.79 Å². The fourth-order valence-corrected chi connectivity index (χ4v) is 1.64. The Kier molecular flexibility index (Phi) is 4.15. The average molecular weight is 245 g/mol. The first-order valence-corrected chi connectivity index (χ1v) is 5.80. The monoisotopic (exact) mass is 245 g/mol. The number of aromatic hydroxyl groups is 1. The van der Waals surface area contributed by atoms with E-state index in [1.165, 1.54) is 0 Å². The quantitative estimate of drug-likeness (QED) is 0.797. The van der Waals surface area contributed by atoms with E-state index in [0.29, 0.717) is 13.0 Å². The molecule has 0 spiro atoms. The molecule has 0 saturated heterocycles. The fraction of sp³-hybridized carbons (Fsp3) is 0.214.